The van der Waals surface area contributed by atoms with E-state index >= 15 is 0 Å². The van der Waals surface area contributed by atoms with Gasteiger partial charge in [-0.15, -0.1) is 0 Å². The standard InChI is InChI=1S/C19H14N4O5/c24-14-8-7-13(17(26)22-14)23-18(27)10-4-3-6-11(15(10)19(23)28)21-16(25)12-5-1-2-9-20-12/h1-6,9,13H,7-8H2,(H,21,25)(H,22,24,26). The van der Waals surface area contributed by atoms with Crippen LogP contribution >= 0.6 is 0 Å². The van der Waals surface area contributed by atoms with Crippen molar-refractivity contribution in [3.63, 3.8) is 0 Å². The lowest BCUT2D eigenvalue weighted by atomic mass is 10.0. The second kappa shape index (κ2) is 6.69. The topological polar surface area (TPSA) is 126 Å². The van der Waals surface area contributed by atoms with Gasteiger partial charge >= 0.3 is 0 Å². The summed E-state index contributed by atoms with van der Waals surface area (Å²) in [5, 5.41) is 4.74. The Bertz CT molecular complexity index is 1030. The maximum absolute atomic E-state index is 12.9. The number of anilines is 1. The molecule has 0 bridgehead atoms. The van der Waals surface area contributed by atoms with E-state index < -0.39 is 35.6 Å². The largest absolute Gasteiger partial charge is 0.320 e. The zero-order valence-electron chi connectivity index (χ0n) is 14.5. The summed E-state index contributed by atoms with van der Waals surface area (Å²) in [7, 11) is 0. The number of carbonyl (C=O) groups is 5. The van der Waals surface area contributed by atoms with E-state index in [9.17, 15) is 24.0 Å². The molecule has 1 fully saturated rings. The number of amides is 5. The van der Waals surface area contributed by atoms with E-state index in [1.807, 2.05) is 0 Å². The molecule has 2 aliphatic heterocycles. The Morgan fingerprint density at radius 3 is 2.61 bits per heavy atom. The van der Waals surface area contributed by atoms with Crippen molar-refractivity contribution in [1.29, 1.82) is 0 Å². The number of aromatic nitrogens is 1. The average molecular weight is 378 g/mol. The highest BCUT2D eigenvalue weighted by Crippen LogP contribution is 2.32. The van der Waals surface area contributed by atoms with E-state index in [2.05, 4.69) is 15.6 Å². The van der Waals surface area contributed by atoms with Gasteiger partial charge in [-0.05, 0) is 30.7 Å². The average Bonchev–Trinajstić information content (AvgIpc) is 2.94. The van der Waals surface area contributed by atoms with E-state index in [0.29, 0.717) is 0 Å². The molecule has 0 spiro atoms. The Hall–Kier alpha value is -3.88. The smallest absolute Gasteiger partial charge is 0.274 e. The van der Waals surface area contributed by atoms with Gasteiger partial charge in [0.2, 0.25) is 11.8 Å². The van der Waals surface area contributed by atoms with Gasteiger partial charge in [-0.25, -0.2) is 0 Å². The second-order valence-electron chi connectivity index (χ2n) is 6.34. The molecule has 0 radical (unpaired) electrons. The van der Waals surface area contributed by atoms with Gasteiger partial charge in [0, 0.05) is 12.6 Å². The van der Waals surface area contributed by atoms with Crippen molar-refractivity contribution in [3.8, 4) is 0 Å². The number of rotatable bonds is 3. The van der Waals surface area contributed by atoms with E-state index in [-0.39, 0.29) is 35.3 Å². The van der Waals surface area contributed by atoms with Gasteiger partial charge < -0.3 is 5.32 Å². The maximum atomic E-state index is 12.9. The molecule has 9 nitrogen and oxygen atoms in total. The van der Waals surface area contributed by atoms with Crippen LogP contribution in [0.2, 0.25) is 0 Å². The Morgan fingerprint density at radius 1 is 1.07 bits per heavy atom. The minimum Gasteiger partial charge on any atom is -0.320 e. The molecule has 1 atom stereocenters. The van der Waals surface area contributed by atoms with Gasteiger partial charge in [0.05, 0.1) is 16.8 Å². The second-order valence-corrected chi connectivity index (χ2v) is 6.34. The Morgan fingerprint density at radius 2 is 1.89 bits per heavy atom. The predicted octanol–water partition coefficient (Wildman–Crippen LogP) is 0.735. The van der Waals surface area contributed by atoms with Gasteiger partial charge in [0.15, 0.2) is 0 Å². The quantitative estimate of drug-likeness (QED) is 0.759. The van der Waals surface area contributed by atoms with E-state index in [4.69, 9.17) is 0 Å². The molecule has 1 aromatic carbocycles. The van der Waals surface area contributed by atoms with Crippen LogP contribution in [-0.4, -0.2) is 45.5 Å². The first-order valence-electron chi connectivity index (χ1n) is 8.54. The molecule has 140 valence electrons. The number of carbonyl (C=O) groups excluding carboxylic acids is 5. The number of benzene rings is 1. The summed E-state index contributed by atoms with van der Waals surface area (Å²) in [4.78, 5) is 66.4. The molecule has 2 aliphatic rings. The van der Waals surface area contributed by atoms with Crippen molar-refractivity contribution in [2.75, 3.05) is 5.32 Å². The van der Waals surface area contributed by atoms with Gasteiger partial charge in [-0.1, -0.05) is 12.1 Å². The fraction of sp³-hybridized carbons (Fsp3) is 0.158. The highest BCUT2D eigenvalue weighted by molar-refractivity contribution is 6.26. The Labute approximate surface area is 158 Å². The van der Waals surface area contributed by atoms with Gasteiger partial charge in [0.1, 0.15) is 11.7 Å². The van der Waals surface area contributed by atoms with Crippen LogP contribution in [0.5, 0.6) is 0 Å². The molecule has 1 aromatic heterocycles. The number of nitrogens with zero attached hydrogens (tertiary/aromatic N) is 2. The number of hydrogen-bond acceptors (Lipinski definition) is 6. The van der Waals surface area contributed by atoms with Crippen molar-refractivity contribution in [2.24, 2.45) is 0 Å². The third kappa shape index (κ3) is 2.82. The molecule has 3 heterocycles. The minimum atomic E-state index is -1.07. The third-order valence-corrected chi connectivity index (χ3v) is 4.61. The molecule has 0 saturated carbocycles. The fourth-order valence-corrected chi connectivity index (χ4v) is 3.30. The zero-order chi connectivity index (χ0) is 19.8. The van der Waals surface area contributed by atoms with Crippen molar-refractivity contribution < 1.29 is 24.0 Å². The molecule has 2 aromatic rings. The number of fused-ring (bicyclic) bond motifs is 1. The van der Waals surface area contributed by atoms with E-state index in [1.165, 1.54) is 30.5 Å². The lowest BCUT2D eigenvalue weighted by Crippen LogP contribution is -2.54. The Balaban J connectivity index is 1.66. The highest BCUT2D eigenvalue weighted by Gasteiger charge is 2.45. The first-order chi connectivity index (χ1) is 13.5. The summed E-state index contributed by atoms with van der Waals surface area (Å²) < 4.78 is 0. The summed E-state index contributed by atoms with van der Waals surface area (Å²) in [6.07, 6.45) is 1.56. The van der Waals surface area contributed by atoms with Crippen LogP contribution in [0.15, 0.2) is 42.6 Å². The van der Waals surface area contributed by atoms with Crippen molar-refractivity contribution >= 4 is 35.2 Å². The Kier molecular flexibility index (Phi) is 4.19. The fourth-order valence-electron chi connectivity index (χ4n) is 3.30. The van der Waals surface area contributed by atoms with Gasteiger partial charge in [-0.2, -0.15) is 0 Å². The molecule has 2 N–H and O–H groups in total. The molecular weight excluding hydrogens is 364 g/mol. The normalized spacial score (nSPS) is 18.7. The van der Waals surface area contributed by atoms with Crippen LogP contribution in [0, 0.1) is 0 Å². The van der Waals surface area contributed by atoms with Crippen molar-refractivity contribution in [3.05, 3.63) is 59.4 Å². The van der Waals surface area contributed by atoms with Crippen LogP contribution in [0.1, 0.15) is 44.0 Å². The predicted molar refractivity (Wildman–Crippen MR) is 95.3 cm³/mol. The number of pyridine rings is 1. The maximum Gasteiger partial charge on any atom is 0.274 e. The van der Waals surface area contributed by atoms with E-state index in [1.54, 1.807) is 12.1 Å². The summed E-state index contributed by atoms with van der Waals surface area (Å²) in [6.45, 7) is 0. The zero-order valence-corrected chi connectivity index (χ0v) is 14.5. The van der Waals surface area contributed by atoms with E-state index in [0.717, 1.165) is 4.90 Å². The van der Waals surface area contributed by atoms with Gasteiger partial charge in [0.25, 0.3) is 17.7 Å². The first-order valence-corrected chi connectivity index (χ1v) is 8.54. The van der Waals surface area contributed by atoms with Gasteiger partial charge in [-0.3, -0.25) is 39.2 Å². The summed E-state index contributed by atoms with van der Waals surface area (Å²) in [5.74, 6) is -2.99. The minimum absolute atomic E-state index is 0.0153. The number of hydrogen-bond donors (Lipinski definition) is 2. The lowest BCUT2D eigenvalue weighted by molar-refractivity contribution is -0.136. The lowest BCUT2D eigenvalue weighted by Gasteiger charge is -2.27. The van der Waals surface area contributed by atoms with Crippen LogP contribution in [-0.2, 0) is 9.59 Å². The number of imide groups is 2. The molecule has 5 amide bonds. The van der Waals surface area contributed by atoms with Crippen LogP contribution < -0.4 is 10.6 Å². The summed E-state index contributed by atoms with van der Waals surface area (Å²) in [6, 6.07) is 8.25. The van der Waals surface area contributed by atoms with Crippen LogP contribution in [0.25, 0.3) is 0 Å². The monoisotopic (exact) mass is 378 g/mol. The third-order valence-electron chi connectivity index (χ3n) is 4.61. The first kappa shape index (κ1) is 17.5. The number of piperidine rings is 1. The SMILES string of the molecule is O=C1CCC(N2C(=O)c3cccc(NC(=O)c4ccccn4)c3C2=O)C(=O)N1. The van der Waals surface area contributed by atoms with Crippen molar-refractivity contribution in [1.82, 2.24) is 15.2 Å². The molecule has 28 heavy (non-hydrogen) atoms. The summed E-state index contributed by atoms with van der Waals surface area (Å²) >= 11 is 0. The molecule has 1 saturated heterocycles. The van der Waals surface area contributed by atoms with Crippen molar-refractivity contribution in [2.45, 2.75) is 18.9 Å². The molecule has 9 heteroatoms. The summed E-state index contributed by atoms with van der Waals surface area (Å²) in [5.41, 5.74) is 0.412. The van der Waals surface area contributed by atoms with Crippen LogP contribution in [0.3, 0.4) is 0 Å². The molecule has 1 unspecified atom stereocenters. The molecular formula is C19H14N4O5. The molecule has 4 rings (SSSR count). The molecule has 0 aliphatic carbocycles. The van der Waals surface area contributed by atoms with Crippen LogP contribution in [0.4, 0.5) is 5.69 Å². The highest BCUT2D eigenvalue weighted by atomic mass is 16.2. The number of nitrogens with one attached hydrogen (secondary N) is 2.